The summed E-state index contributed by atoms with van der Waals surface area (Å²) in [6.45, 7) is 5.34. The molecule has 1 aromatic heterocycles. The van der Waals surface area contributed by atoms with Gasteiger partial charge in [-0.1, -0.05) is 13.8 Å². The van der Waals surface area contributed by atoms with Crippen LogP contribution < -0.4 is 10.9 Å². The summed E-state index contributed by atoms with van der Waals surface area (Å²) in [6.07, 6.45) is 5.83. The first-order chi connectivity index (χ1) is 7.55. The summed E-state index contributed by atoms with van der Waals surface area (Å²) in [5, 5.41) is 3.19. The predicted octanol–water partition coefficient (Wildman–Crippen LogP) is 1.63. The zero-order valence-corrected chi connectivity index (χ0v) is 10.2. The number of aromatic nitrogens is 2. The molecular weight excluding hydrogens is 202 g/mol. The standard InChI is InChI=1S/C12H19N3O/c1-9(2)12(4-5-12)8-14-10-11(16)15(3)7-6-13-10/h6-7,9H,4-5,8H2,1-3H3,(H,13,14). The Balaban J connectivity index is 2.06. The van der Waals surface area contributed by atoms with Crippen molar-refractivity contribution >= 4 is 5.82 Å². The van der Waals surface area contributed by atoms with Gasteiger partial charge in [0.05, 0.1) is 0 Å². The highest BCUT2D eigenvalue weighted by molar-refractivity contribution is 5.31. The zero-order chi connectivity index (χ0) is 11.8. The Hall–Kier alpha value is -1.32. The number of rotatable bonds is 4. The van der Waals surface area contributed by atoms with Crippen molar-refractivity contribution in [3.8, 4) is 0 Å². The fourth-order valence-corrected chi connectivity index (χ4v) is 2.00. The van der Waals surface area contributed by atoms with Gasteiger partial charge in [-0.2, -0.15) is 0 Å². The van der Waals surface area contributed by atoms with Gasteiger partial charge in [0.2, 0.25) is 0 Å². The minimum Gasteiger partial charge on any atom is -0.365 e. The van der Waals surface area contributed by atoms with Gasteiger partial charge >= 0.3 is 0 Å². The van der Waals surface area contributed by atoms with Crippen LogP contribution in [-0.2, 0) is 7.05 Å². The van der Waals surface area contributed by atoms with Crippen molar-refractivity contribution in [2.75, 3.05) is 11.9 Å². The summed E-state index contributed by atoms with van der Waals surface area (Å²) in [5.74, 6) is 1.13. The molecule has 1 saturated carbocycles. The van der Waals surface area contributed by atoms with Crippen LogP contribution in [0.4, 0.5) is 5.82 Å². The molecule has 4 heteroatoms. The van der Waals surface area contributed by atoms with E-state index in [2.05, 4.69) is 24.1 Å². The third-order valence-corrected chi connectivity index (χ3v) is 3.74. The first-order valence-corrected chi connectivity index (χ1v) is 5.81. The summed E-state index contributed by atoms with van der Waals surface area (Å²) in [5.41, 5.74) is 0.338. The van der Waals surface area contributed by atoms with Gasteiger partial charge in [-0.05, 0) is 24.2 Å². The van der Waals surface area contributed by atoms with Crippen molar-refractivity contribution in [2.24, 2.45) is 18.4 Å². The smallest absolute Gasteiger partial charge is 0.293 e. The number of hydrogen-bond donors (Lipinski definition) is 1. The van der Waals surface area contributed by atoms with Crippen LogP contribution >= 0.6 is 0 Å². The molecule has 0 aliphatic heterocycles. The molecule has 0 saturated heterocycles. The van der Waals surface area contributed by atoms with Gasteiger partial charge in [-0.25, -0.2) is 4.98 Å². The van der Waals surface area contributed by atoms with Crippen molar-refractivity contribution in [3.05, 3.63) is 22.7 Å². The van der Waals surface area contributed by atoms with Crippen LogP contribution in [0, 0.1) is 11.3 Å². The lowest BCUT2D eigenvalue weighted by Crippen LogP contribution is -2.27. The van der Waals surface area contributed by atoms with Gasteiger partial charge < -0.3 is 9.88 Å². The van der Waals surface area contributed by atoms with E-state index in [-0.39, 0.29) is 5.56 Å². The predicted molar refractivity (Wildman–Crippen MR) is 64.5 cm³/mol. The maximum absolute atomic E-state index is 11.7. The third-order valence-electron chi connectivity index (χ3n) is 3.74. The molecule has 0 radical (unpaired) electrons. The summed E-state index contributed by atoms with van der Waals surface area (Å²) < 4.78 is 1.55. The Labute approximate surface area is 95.7 Å². The van der Waals surface area contributed by atoms with E-state index in [1.54, 1.807) is 24.0 Å². The largest absolute Gasteiger partial charge is 0.365 e. The van der Waals surface area contributed by atoms with Crippen LogP contribution in [0.1, 0.15) is 26.7 Å². The monoisotopic (exact) mass is 221 g/mol. The van der Waals surface area contributed by atoms with E-state index in [1.807, 2.05) is 0 Å². The Kier molecular flexibility index (Phi) is 2.74. The van der Waals surface area contributed by atoms with Gasteiger partial charge in [0.25, 0.3) is 5.56 Å². The number of aryl methyl sites for hydroxylation is 1. The minimum absolute atomic E-state index is 0.0537. The number of nitrogens with zero attached hydrogens (tertiary/aromatic N) is 2. The van der Waals surface area contributed by atoms with Crippen molar-refractivity contribution in [1.29, 1.82) is 0 Å². The van der Waals surface area contributed by atoms with E-state index in [1.165, 1.54) is 12.8 Å². The van der Waals surface area contributed by atoms with Crippen molar-refractivity contribution in [2.45, 2.75) is 26.7 Å². The second kappa shape index (κ2) is 3.92. The molecule has 16 heavy (non-hydrogen) atoms. The van der Waals surface area contributed by atoms with E-state index >= 15 is 0 Å². The molecule has 0 unspecified atom stereocenters. The Morgan fingerprint density at radius 1 is 1.56 bits per heavy atom. The molecule has 88 valence electrons. The van der Waals surface area contributed by atoms with Crippen LogP contribution in [0.25, 0.3) is 0 Å². The van der Waals surface area contributed by atoms with E-state index in [0.29, 0.717) is 17.2 Å². The highest BCUT2D eigenvalue weighted by Gasteiger charge is 2.45. The lowest BCUT2D eigenvalue weighted by Gasteiger charge is -2.20. The molecular formula is C12H19N3O. The normalized spacial score (nSPS) is 17.5. The molecule has 0 spiro atoms. The first kappa shape index (κ1) is 11.2. The zero-order valence-electron chi connectivity index (χ0n) is 10.2. The first-order valence-electron chi connectivity index (χ1n) is 5.81. The second-order valence-corrected chi connectivity index (χ2v) is 5.06. The van der Waals surface area contributed by atoms with Crippen molar-refractivity contribution in [1.82, 2.24) is 9.55 Å². The number of anilines is 1. The van der Waals surface area contributed by atoms with E-state index in [0.717, 1.165) is 6.54 Å². The molecule has 1 heterocycles. The molecule has 0 bridgehead atoms. The highest BCUT2D eigenvalue weighted by atomic mass is 16.1. The molecule has 1 aliphatic carbocycles. The van der Waals surface area contributed by atoms with Gasteiger partial charge in [-0.15, -0.1) is 0 Å². The topological polar surface area (TPSA) is 46.9 Å². The fraction of sp³-hybridized carbons (Fsp3) is 0.667. The van der Waals surface area contributed by atoms with Gasteiger partial charge in [-0.3, -0.25) is 4.79 Å². The maximum atomic E-state index is 11.7. The van der Waals surface area contributed by atoms with Crippen LogP contribution in [0.2, 0.25) is 0 Å². The summed E-state index contributed by atoms with van der Waals surface area (Å²) >= 11 is 0. The fourth-order valence-electron chi connectivity index (χ4n) is 2.00. The molecule has 2 rings (SSSR count). The van der Waals surface area contributed by atoms with E-state index in [4.69, 9.17) is 0 Å². The van der Waals surface area contributed by atoms with Gasteiger partial charge in [0.1, 0.15) is 0 Å². The van der Waals surface area contributed by atoms with Crippen molar-refractivity contribution in [3.63, 3.8) is 0 Å². The Morgan fingerprint density at radius 3 is 2.81 bits per heavy atom. The SMILES string of the molecule is CC(C)C1(CNc2nccn(C)c2=O)CC1. The third kappa shape index (κ3) is 1.96. The van der Waals surface area contributed by atoms with Crippen LogP contribution in [0.3, 0.4) is 0 Å². The molecule has 1 fully saturated rings. The maximum Gasteiger partial charge on any atom is 0.293 e. The molecule has 1 N–H and O–H groups in total. The average molecular weight is 221 g/mol. The van der Waals surface area contributed by atoms with E-state index < -0.39 is 0 Å². The number of hydrogen-bond acceptors (Lipinski definition) is 3. The summed E-state index contributed by atoms with van der Waals surface area (Å²) in [4.78, 5) is 15.8. The Morgan fingerprint density at radius 2 is 2.25 bits per heavy atom. The average Bonchev–Trinajstić information content (AvgIpc) is 3.01. The van der Waals surface area contributed by atoms with Gasteiger partial charge in [0, 0.05) is 26.0 Å². The lowest BCUT2D eigenvalue weighted by molar-refractivity contribution is 0.379. The molecule has 0 amide bonds. The summed E-state index contributed by atoms with van der Waals surface area (Å²) in [6, 6.07) is 0. The minimum atomic E-state index is -0.0537. The molecule has 4 nitrogen and oxygen atoms in total. The second-order valence-electron chi connectivity index (χ2n) is 5.06. The van der Waals surface area contributed by atoms with Gasteiger partial charge in [0.15, 0.2) is 5.82 Å². The number of nitrogens with one attached hydrogen (secondary N) is 1. The summed E-state index contributed by atoms with van der Waals surface area (Å²) in [7, 11) is 1.74. The van der Waals surface area contributed by atoms with Crippen LogP contribution in [0.5, 0.6) is 0 Å². The van der Waals surface area contributed by atoms with Crippen LogP contribution in [-0.4, -0.2) is 16.1 Å². The molecule has 0 atom stereocenters. The lowest BCUT2D eigenvalue weighted by atomic mass is 9.92. The van der Waals surface area contributed by atoms with Crippen LogP contribution in [0.15, 0.2) is 17.2 Å². The van der Waals surface area contributed by atoms with Crippen molar-refractivity contribution < 1.29 is 0 Å². The quantitative estimate of drug-likeness (QED) is 0.840. The molecule has 0 aromatic carbocycles. The molecule has 1 aliphatic rings. The van der Waals surface area contributed by atoms with E-state index in [9.17, 15) is 4.79 Å². The highest BCUT2D eigenvalue weighted by Crippen LogP contribution is 2.51. The molecule has 1 aromatic rings. The Bertz CT molecular complexity index is 432.